The molecule has 0 aliphatic heterocycles. The molecule has 0 amide bonds. The third-order valence-electron chi connectivity index (χ3n) is 4.68. The molecule has 158 valence electrons. The molecule has 8 nitrogen and oxygen atoms in total. The van der Waals surface area contributed by atoms with Crippen LogP contribution in [0.5, 0.6) is 0 Å². The molecule has 0 unspecified atom stereocenters. The number of carboxylic acids is 3. The predicted molar refractivity (Wildman–Crippen MR) is 115 cm³/mol. The summed E-state index contributed by atoms with van der Waals surface area (Å²) in [6.07, 6.45) is 1.52. The SMILES string of the molecule is Cc1cc(C=Nc2cc(C(=O)O)ccc2Cl)c(C)n1-c1cc(C(=O)O)cc(C(=O)O)c1. The molecule has 0 fully saturated rings. The molecule has 0 saturated carbocycles. The Kier molecular flexibility index (Phi) is 5.94. The van der Waals surface area contributed by atoms with Crippen LogP contribution >= 0.6 is 11.6 Å². The van der Waals surface area contributed by atoms with Crippen molar-refractivity contribution < 1.29 is 29.7 Å². The molecular formula is C22H17ClN2O6. The zero-order chi connectivity index (χ0) is 22.9. The maximum absolute atomic E-state index is 11.4. The minimum atomic E-state index is -1.23. The summed E-state index contributed by atoms with van der Waals surface area (Å²) in [7, 11) is 0. The minimum absolute atomic E-state index is 0.0497. The topological polar surface area (TPSA) is 129 Å². The summed E-state index contributed by atoms with van der Waals surface area (Å²) in [6, 6.07) is 9.86. The van der Waals surface area contributed by atoms with Gasteiger partial charge in [0.25, 0.3) is 0 Å². The number of aromatic nitrogens is 1. The molecule has 0 spiro atoms. The number of hydrogen-bond donors (Lipinski definition) is 3. The van der Waals surface area contributed by atoms with Crippen LogP contribution in [0.4, 0.5) is 5.69 Å². The summed E-state index contributed by atoms with van der Waals surface area (Å²) < 4.78 is 1.72. The summed E-state index contributed by atoms with van der Waals surface area (Å²) in [4.78, 5) is 38.3. The van der Waals surface area contributed by atoms with Crippen molar-refractivity contribution in [3.05, 3.63) is 81.1 Å². The van der Waals surface area contributed by atoms with Crippen molar-refractivity contribution in [2.24, 2.45) is 4.99 Å². The largest absolute Gasteiger partial charge is 0.478 e. The number of carbonyl (C=O) groups is 3. The number of nitrogens with zero attached hydrogens (tertiary/aromatic N) is 2. The predicted octanol–water partition coefficient (Wildman–Crippen LogP) is 4.59. The Balaban J connectivity index is 2.07. The van der Waals surface area contributed by atoms with Crippen molar-refractivity contribution in [1.29, 1.82) is 0 Å². The first-order chi connectivity index (χ1) is 14.6. The highest BCUT2D eigenvalue weighted by molar-refractivity contribution is 6.33. The minimum Gasteiger partial charge on any atom is -0.478 e. The second-order valence-electron chi connectivity index (χ2n) is 6.77. The molecule has 3 aromatic rings. The fourth-order valence-electron chi connectivity index (χ4n) is 3.19. The molecule has 0 radical (unpaired) electrons. The lowest BCUT2D eigenvalue weighted by Gasteiger charge is -2.12. The average Bonchev–Trinajstić information content (AvgIpc) is 2.99. The maximum Gasteiger partial charge on any atom is 0.335 e. The molecule has 3 N–H and O–H groups in total. The van der Waals surface area contributed by atoms with Gasteiger partial charge in [-0.05, 0) is 56.3 Å². The van der Waals surface area contributed by atoms with Crippen LogP contribution < -0.4 is 0 Å². The number of carboxylic acid groups (broad SMARTS) is 3. The average molecular weight is 441 g/mol. The Labute approximate surface area is 181 Å². The lowest BCUT2D eigenvalue weighted by Crippen LogP contribution is -2.07. The zero-order valence-electron chi connectivity index (χ0n) is 16.5. The highest BCUT2D eigenvalue weighted by Gasteiger charge is 2.16. The van der Waals surface area contributed by atoms with Crippen LogP contribution in [0, 0.1) is 13.8 Å². The van der Waals surface area contributed by atoms with Gasteiger partial charge in [-0.1, -0.05) is 11.6 Å². The van der Waals surface area contributed by atoms with E-state index in [9.17, 15) is 24.6 Å². The van der Waals surface area contributed by atoms with Crippen LogP contribution in [-0.2, 0) is 0 Å². The van der Waals surface area contributed by atoms with Gasteiger partial charge < -0.3 is 19.9 Å². The van der Waals surface area contributed by atoms with E-state index in [1.54, 1.807) is 24.5 Å². The van der Waals surface area contributed by atoms with Crippen molar-refractivity contribution >= 4 is 41.4 Å². The van der Waals surface area contributed by atoms with Gasteiger partial charge in [-0.25, -0.2) is 14.4 Å². The van der Waals surface area contributed by atoms with E-state index in [0.29, 0.717) is 16.9 Å². The molecule has 0 aliphatic carbocycles. The fourth-order valence-corrected chi connectivity index (χ4v) is 3.35. The summed E-state index contributed by atoms with van der Waals surface area (Å²) >= 11 is 6.11. The smallest absolute Gasteiger partial charge is 0.335 e. The van der Waals surface area contributed by atoms with Crippen molar-refractivity contribution in [3.8, 4) is 5.69 Å². The monoisotopic (exact) mass is 440 g/mol. The lowest BCUT2D eigenvalue weighted by molar-refractivity contribution is 0.0682. The zero-order valence-corrected chi connectivity index (χ0v) is 17.2. The first kappa shape index (κ1) is 21.8. The summed E-state index contributed by atoms with van der Waals surface area (Å²) in [5.41, 5.74) is 2.52. The number of aryl methyl sites for hydroxylation is 1. The quantitative estimate of drug-likeness (QED) is 0.480. The van der Waals surface area contributed by atoms with Crippen molar-refractivity contribution in [3.63, 3.8) is 0 Å². The summed E-state index contributed by atoms with van der Waals surface area (Å²) in [5.74, 6) is -3.57. The number of aromatic carboxylic acids is 3. The molecule has 0 aliphatic rings. The van der Waals surface area contributed by atoms with Crippen LogP contribution in [0.3, 0.4) is 0 Å². The van der Waals surface area contributed by atoms with Gasteiger partial charge >= 0.3 is 17.9 Å². The Bertz CT molecular complexity index is 1230. The maximum atomic E-state index is 11.4. The highest BCUT2D eigenvalue weighted by atomic mass is 35.5. The number of benzene rings is 2. The van der Waals surface area contributed by atoms with Gasteiger partial charge in [-0.2, -0.15) is 0 Å². The normalized spacial score (nSPS) is 11.1. The van der Waals surface area contributed by atoms with Gasteiger partial charge in [-0.3, -0.25) is 4.99 Å². The van der Waals surface area contributed by atoms with Crippen molar-refractivity contribution in [2.75, 3.05) is 0 Å². The summed E-state index contributed by atoms with van der Waals surface area (Å²) in [6.45, 7) is 3.56. The molecule has 3 rings (SSSR count). The van der Waals surface area contributed by atoms with E-state index in [4.69, 9.17) is 16.7 Å². The van der Waals surface area contributed by atoms with E-state index in [2.05, 4.69) is 4.99 Å². The Hall–Kier alpha value is -3.91. The molecule has 31 heavy (non-hydrogen) atoms. The third-order valence-corrected chi connectivity index (χ3v) is 5.00. The molecule has 1 aromatic heterocycles. The third kappa shape index (κ3) is 4.49. The Morgan fingerprint density at radius 2 is 1.45 bits per heavy atom. The molecular weight excluding hydrogens is 424 g/mol. The van der Waals surface area contributed by atoms with Gasteiger partial charge in [-0.15, -0.1) is 0 Å². The summed E-state index contributed by atoms with van der Waals surface area (Å²) in [5, 5.41) is 28.1. The molecule has 0 saturated heterocycles. The first-order valence-electron chi connectivity index (χ1n) is 8.96. The number of aliphatic imine (C=N–C) groups is 1. The van der Waals surface area contributed by atoms with Crippen molar-refractivity contribution in [1.82, 2.24) is 4.57 Å². The molecule has 0 atom stereocenters. The molecule has 2 aromatic carbocycles. The Morgan fingerprint density at radius 3 is 2.00 bits per heavy atom. The van der Waals surface area contributed by atoms with E-state index < -0.39 is 17.9 Å². The fraction of sp³-hybridized carbons (Fsp3) is 0.0909. The number of halogens is 1. The lowest BCUT2D eigenvalue weighted by atomic mass is 10.1. The standard InChI is InChI=1S/C22H17ClN2O6/c1-11-5-16(10-24-19-9-13(20(26)27)3-4-18(19)23)12(2)25(11)17-7-14(21(28)29)6-15(8-17)22(30)31/h3-10H,1-2H3,(H,26,27)(H,28,29)(H,30,31). The second kappa shape index (κ2) is 8.45. The first-order valence-corrected chi connectivity index (χ1v) is 9.34. The van der Waals surface area contributed by atoms with E-state index in [1.165, 1.54) is 36.5 Å². The second-order valence-corrected chi connectivity index (χ2v) is 7.18. The Morgan fingerprint density at radius 1 is 0.871 bits per heavy atom. The van der Waals surface area contributed by atoms with Gasteiger partial charge in [0, 0.05) is 28.9 Å². The molecule has 9 heteroatoms. The van der Waals surface area contributed by atoms with Gasteiger partial charge in [0.05, 0.1) is 27.4 Å². The van der Waals surface area contributed by atoms with Crippen molar-refractivity contribution in [2.45, 2.75) is 13.8 Å². The van der Waals surface area contributed by atoms with Crippen LogP contribution in [0.15, 0.2) is 47.5 Å². The van der Waals surface area contributed by atoms with Crippen LogP contribution in [0.1, 0.15) is 48.0 Å². The van der Waals surface area contributed by atoms with Gasteiger partial charge in [0.1, 0.15) is 0 Å². The van der Waals surface area contributed by atoms with Crippen LogP contribution in [-0.4, -0.2) is 44.0 Å². The number of rotatable bonds is 6. The molecule has 0 bridgehead atoms. The van der Waals surface area contributed by atoms with E-state index >= 15 is 0 Å². The van der Waals surface area contributed by atoms with E-state index in [0.717, 1.165) is 11.8 Å². The van der Waals surface area contributed by atoms with Gasteiger partial charge in [0.2, 0.25) is 0 Å². The van der Waals surface area contributed by atoms with E-state index in [-0.39, 0.29) is 27.4 Å². The van der Waals surface area contributed by atoms with Crippen LogP contribution in [0.25, 0.3) is 5.69 Å². The molecule has 1 heterocycles. The highest BCUT2D eigenvalue weighted by Crippen LogP contribution is 2.27. The number of hydrogen-bond acceptors (Lipinski definition) is 4. The van der Waals surface area contributed by atoms with E-state index in [1.807, 2.05) is 0 Å². The van der Waals surface area contributed by atoms with Gasteiger partial charge in [0.15, 0.2) is 0 Å². The van der Waals surface area contributed by atoms with Crippen LogP contribution in [0.2, 0.25) is 5.02 Å².